The fourth-order valence-corrected chi connectivity index (χ4v) is 3.76. The summed E-state index contributed by atoms with van der Waals surface area (Å²) in [6.07, 6.45) is 6.24. The molecule has 0 heterocycles. The molecule has 122 valence electrons. The molecule has 2 aliphatic carbocycles. The number of rotatable bonds is 4. The quantitative estimate of drug-likeness (QED) is 0.880. The van der Waals surface area contributed by atoms with Crippen molar-refractivity contribution < 1.29 is 4.79 Å². The first-order valence-electron chi connectivity index (χ1n) is 7.88. The second-order valence-electron chi connectivity index (χ2n) is 6.63. The number of hydrogen-bond acceptors (Lipinski definition) is 2. The van der Waals surface area contributed by atoms with Gasteiger partial charge in [0.2, 0.25) is 5.91 Å². The molecule has 0 bridgehead atoms. The van der Waals surface area contributed by atoms with Gasteiger partial charge in [-0.2, -0.15) is 0 Å². The van der Waals surface area contributed by atoms with Gasteiger partial charge in [-0.15, -0.1) is 12.4 Å². The minimum absolute atomic E-state index is 0. The molecule has 0 aliphatic heterocycles. The smallest absolute Gasteiger partial charge is 0.223 e. The summed E-state index contributed by atoms with van der Waals surface area (Å²) in [6, 6.07) is 8.27. The third-order valence-electron chi connectivity index (χ3n) is 5.21. The molecule has 2 unspecified atom stereocenters. The van der Waals surface area contributed by atoms with Crippen LogP contribution >= 0.6 is 24.0 Å². The number of carbonyl (C=O) groups excluding carboxylic acids is 1. The van der Waals surface area contributed by atoms with Crippen molar-refractivity contribution in [3.63, 3.8) is 0 Å². The van der Waals surface area contributed by atoms with E-state index < -0.39 is 0 Å². The maximum Gasteiger partial charge on any atom is 0.223 e. The van der Waals surface area contributed by atoms with Crippen molar-refractivity contribution in [3.8, 4) is 0 Å². The highest BCUT2D eigenvalue weighted by atomic mass is 35.5. The summed E-state index contributed by atoms with van der Waals surface area (Å²) in [5.41, 5.74) is 7.30. The molecule has 2 fully saturated rings. The molecule has 2 saturated carbocycles. The summed E-state index contributed by atoms with van der Waals surface area (Å²) in [4.78, 5) is 12.3. The van der Waals surface area contributed by atoms with Gasteiger partial charge in [-0.3, -0.25) is 4.79 Å². The first kappa shape index (κ1) is 17.6. The lowest BCUT2D eigenvalue weighted by Crippen LogP contribution is -2.46. The summed E-state index contributed by atoms with van der Waals surface area (Å²) in [6.45, 7) is 0.735. The highest BCUT2D eigenvalue weighted by Gasteiger charge is 2.39. The summed E-state index contributed by atoms with van der Waals surface area (Å²) in [5.74, 6) is 0.297. The molecule has 1 amide bonds. The normalized spacial score (nSPS) is 25.9. The lowest BCUT2D eigenvalue weighted by molar-refractivity contribution is -0.125. The van der Waals surface area contributed by atoms with Crippen molar-refractivity contribution in [2.24, 2.45) is 11.7 Å². The first-order valence-corrected chi connectivity index (χ1v) is 8.26. The van der Waals surface area contributed by atoms with Gasteiger partial charge in [-0.1, -0.05) is 30.2 Å². The van der Waals surface area contributed by atoms with Crippen LogP contribution in [0.4, 0.5) is 0 Å². The zero-order valence-corrected chi connectivity index (χ0v) is 14.3. The number of nitrogens with two attached hydrogens (primary N) is 1. The van der Waals surface area contributed by atoms with Gasteiger partial charge in [0.15, 0.2) is 0 Å². The highest BCUT2D eigenvalue weighted by molar-refractivity contribution is 6.30. The van der Waals surface area contributed by atoms with Gasteiger partial charge >= 0.3 is 0 Å². The van der Waals surface area contributed by atoms with Crippen LogP contribution in [0.1, 0.15) is 44.1 Å². The van der Waals surface area contributed by atoms with E-state index in [-0.39, 0.29) is 35.7 Å². The molecule has 3 nitrogen and oxygen atoms in total. The van der Waals surface area contributed by atoms with Crippen molar-refractivity contribution in [3.05, 3.63) is 34.9 Å². The summed E-state index contributed by atoms with van der Waals surface area (Å²) in [7, 11) is 0. The monoisotopic (exact) mass is 342 g/mol. The SMILES string of the molecule is Cl.NC1CCC(C(=O)NCC2(c3ccc(Cl)cc3)CCC2)C1. The van der Waals surface area contributed by atoms with Gasteiger partial charge < -0.3 is 11.1 Å². The Hall–Kier alpha value is -0.770. The van der Waals surface area contributed by atoms with E-state index in [0.29, 0.717) is 0 Å². The van der Waals surface area contributed by atoms with Gasteiger partial charge in [0, 0.05) is 28.9 Å². The standard InChI is InChI=1S/C17H23ClN2O.ClH/c18-14-5-3-13(4-6-14)17(8-1-9-17)11-20-16(21)12-2-7-15(19)10-12;/h3-6,12,15H,1-2,7-11,19H2,(H,20,21);1H. The Kier molecular flexibility index (Phi) is 5.76. The number of nitrogens with one attached hydrogen (secondary N) is 1. The summed E-state index contributed by atoms with van der Waals surface area (Å²) >= 11 is 5.97. The molecular weight excluding hydrogens is 319 g/mol. The van der Waals surface area contributed by atoms with Crippen molar-refractivity contribution in [2.75, 3.05) is 6.54 Å². The minimum atomic E-state index is 0. The van der Waals surface area contributed by atoms with E-state index in [1.165, 1.54) is 12.0 Å². The maximum absolute atomic E-state index is 12.3. The van der Waals surface area contributed by atoms with Crippen molar-refractivity contribution in [1.29, 1.82) is 0 Å². The maximum atomic E-state index is 12.3. The molecule has 0 spiro atoms. The van der Waals surface area contributed by atoms with E-state index in [2.05, 4.69) is 17.4 Å². The number of hydrogen-bond donors (Lipinski definition) is 2. The van der Waals surface area contributed by atoms with E-state index in [1.54, 1.807) is 0 Å². The molecule has 0 aromatic heterocycles. The van der Waals surface area contributed by atoms with E-state index in [4.69, 9.17) is 17.3 Å². The third kappa shape index (κ3) is 3.58. The van der Waals surface area contributed by atoms with Gasteiger partial charge in [0.25, 0.3) is 0 Å². The molecule has 22 heavy (non-hydrogen) atoms. The van der Waals surface area contributed by atoms with Crippen LogP contribution in [-0.4, -0.2) is 18.5 Å². The van der Waals surface area contributed by atoms with Gasteiger partial charge in [-0.05, 0) is 49.8 Å². The lowest BCUT2D eigenvalue weighted by atomic mass is 9.64. The number of carbonyl (C=O) groups is 1. The topological polar surface area (TPSA) is 55.1 Å². The van der Waals surface area contributed by atoms with Crippen LogP contribution < -0.4 is 11.1 Å². The number of benzene rings is 1. The average Bonchev–Trinajstić information content (AvgIpc) is 2.86. The van der Waals surface area contributed by atoms with Gasteiger partial charge in [0.1, 0.15) is 0 Å². The Morgan fingerprint density at radius 3 is 2.45 bits per heavy atom. The Morgan fingerprint density at radius 2 is 1.95 bits per heavy atom. The molecular formula is C17H24Cl2N2O. The third-order valence-corrected chi connectivity index (χ3v) is 5.46. The van der Waals surface area contributed by atoms with Gasteiger partial charge in [0.05, 0.1) is 0 Å². The minimum Gasteiger partial charge on any atom is -0.355 e. The molecule has 1 aromatic carbocycles. The fourth-order valence-electron chi connectivity index (χ4n) is 3.63. The first-order chi connectivity index (χ1) is 10.1. The summed E-state index contributed by atoms with van der Waals surface area (Å²) in [5, 5.41) is 3.93. The van der Waals surface area contributed by atoms with Crippen LogP contribution in [0.2, 0.25) is 5.02 Å². The lowest BCUT2D eigenvalue weighted by Gasteiger charge is -2.43. The van der Waals surface area contributed by atoms with Crippen LogP contribution in [-0.2, 0) is 10.2 Å². The fraction of sp³-hybridized carbons (Fsp3) is 0.588. The second-order valence-corrected chi connectivity index (χ2v) is 7.07. The highest BCUT2D eigenvalue weighted by Crippen LogP contribution is 2.43. The molecule has 2 atom stereocenters. The van der Waals surface area contributed by atoms with Crippen molar-refractivity contribution in [1.82, 2.24) is 5.32 Å². The van der Waals surface area contributed by atoms with E-state index in [1.807, 2.05) is 12.1 Å². The van der Waals surface area contributed by atoms with Gasteiger partial charge in [-0.25, -0.2) is 0 Å². The van der Waals surface area contributed by atoms with Crippen LogP contribution in [0.3, 0.4) is 0 Å². The Labute approximate surface area is 143 Å². The van der Waals surface area contributed by atoms with Crippen LogP contribution in [0.5, 0.6) is 0 Å². The van der Waals surface area contributed by atoms with Crippen LogP contribution in [0.25, 0.3) is 0 Å². The van der Waals surface area contributed by atoms with E-state index in [0.717, 1.165) is 43.7 Å². The molecule has 0 radical (unpaired) electrons. The van der Waals surface area contributed by atoms with Crippen LogP contribution in [0.15, 0.2) is 24.3 Å². The predicted molar refractivity (Wildman–Crippen MR) is 92.6 cm³/mol. The Balaban J connectivity index is 0.00000176. The zero-order valence-electron chi connectivity index (χ0n) is 12.7. The summed E-state index contributed by atoms with van der Waals surface area (Å²) < 4.78 is 0. The Bertz CT molecular complexity index is 514. The number of halogens is 2. The molecule has 3 rings (SSSR count). The number of amides is 1. The predicted octanol–water partition coefficient (Wildman–Crippen LogP) is 3.43. The Morgan fingerprint density at radius 1 is 1.27 bits per heavy atom. The molecule has 1 aromatic rings. The molecule has 2 aliphatic rings. The molecule has 5 heteroatoms. The molecule has 3 N–H and O–H groups in total. The molecule has 0 saturated heterocycles. The average molecular weight is 343 g/mol. The van der Waals surface area contributed by atoms with E-state index >= 15 is 0 Å². The van der Waals surface area contributed by atoms with Crippen molar-refractivity contribution >= 4 is 29.9 Å². The second kappa shape index (κ2) is 7.20. The van der Waals surface area contributed by atoms with Crippen LogP contribution in [0, 0.1) is 5.92 Å². The van der Waals surface area contributed by atoms with E-state index in [9.17, 15) is 4.79 Å². The zero-order chi connectivity index (χ0) is 14.9. The van der Waals surface area contributed by atoms with Crippen molar-refractivity contribution in [2.45, 2.75) is 50.0 Å². The largest absolute Gasteiger partial charge is 0.355 e.